The highest BCUT2D eigenvalue weighted by atomic mass is 16.5. The molecule has 0 atom stereocenters. The average Bonchev–Trinajstić information content (AvgIpc) is 3.13. The van der Waals surface area contributed by atoms with Crippen LogP contribution in [0.3, 0.4) is 0 Å². The minimum Gasteiger partial charge on any atom is -0.494 e. The fourth-order valence-electron chi connectivity index (χ4n) is 2.86. The molecule has 3 aromatic rings. The molecule has 8 nitrogen and oxygen atoms in total. The normalized spacial score (nSPS) is 10.7. The van der Waals surface area contributed by atoms with Crippen molar-refractivity contribution in [3.63, 3.8) is 0 Å². The number of carbonyl (C=O) groups is 2. The predicted octanol–water partition coefficient (Wildman–Crippen LogP) is 2.75. The van der Waals surface area contributed by atoms with Crippen LogP contribution in [0.2, 0.25) is 0 Å². The number of fused-ring (bicyclic) bond motifs is 1. The zero-order valence-electron chi connectivity index (χ0n) is 16.5. The lowest BCUT2D eigenvalue weighted by molar-refractivity contribution is 0.0946. The van der Waals surface area contributed by atoms with Crippen LogP contribution in [-0.4, -0.2) is 48.1 Å². The maximum atomic E-state index is 12.8. The Kier molecular flexibility index (Phi) is 6.80. The van der Waals surface area contributed by atoms with Crippen LogP contribution in [0.4, 0.5) is 5.69 Å². The molecule has 8 heteroatoms. The summed E-state index contributed by atoms with van der Waals surface area (Å²) in [5, 5.41) is 5.61. The van der Waals surface area contributed by atoms with Crippen LogP contribution in [0, 0.1) is 0 Å². The third-order valence-electron chi connectivity index (χ3n) is 4.20. The van der Waals surface area contributed by atoms with Crippen molar-refractivity contribution in [1.29, 1.82) is 0 Å². The molecule has 0 aliphatic rings. The quantitative estimate of drug-likeness (QED) is 0.543. The highest BCUT2D eigenvalue weighted by Gasteiger charge is 2.21. The SMILES string of the molecule is CCOc1ccc(NC(=O)c2nc(C(=O)NCCCOC)c3ccccn23)cc1. The van der Waals surface area contributed by atoms with Crippen LogP contribution < -0.4 is 15.4 Å². The number of rotatable bonds is 9. The van der Waals surface area contributed by atoms with Crippen LogP contribution in [0.25, 0.3) is 5.52 Å². The summed E-state index contributed by atoms with van der Waals surface area (Å²) in [5.41, 5.74) is 1.38. The molecule has 1 aromatic carbocycles. The molecule has 0 saturated carbocycles. The number of aromatic nitrogens is 2. The van der Waals surface area contributed by atoms with Gasteiger partial charge in [0, 0.05) is 32.1 Å². The van der Waals surface area contributed by atoms with E-state index in [1.807, 2.05) is 6.92 Å². The van der Waals surface area contributed by atoms with E-state index >= 15 is 0 Å². The first-order chi connectivity index (χ1) is 14.1. The first-order valence-electron chi connectivity index (χ1n) is 9.42. The lowest BCUT2D eigenvalue weighted by Crippen LogP contribution is -2.26. The predicted molar refractivity (Wildman–Crippen MR) is 110 cm³/mol. The van der Waals surface area contributed by atoms with Crippen molar-refractivity contribution in [2.24, 2.45) is 0 Å². The van der Waals surface area contributed by atoms with Gasteiger partial charge in [-0.1, -0.05) is 6.07 Å². The molecule has 2 aromatic heterocycles. The molecule has 0 aliphatic carbocycles. The molecule has 2 amide bonds. The maximum absolute atomic E-state index is 12.8. The van der Waals surface area contributed by atoms with Gasteiger partial charge in [-0.3, -0.25) is 14.0 Å². The topological polar surface area (TPSA) is 94.0 Å². The van der Waals surface area contributed by atoms with Crippen LogP contribution >= 0.6 is 0 Å². The van der Waals surface area contributed by atoms with Crippen molar-refractivity contribution in [2.45, 2.75) is 13.3 Å². The van der Waals surface area contributed by atoms with E-state index in [-0.39, 0.29) is 17.4 Å². The number of nitrogens with zero attached hydrogens (tertiary/aromatic N) is 2. The summed E-state index contributed by atoms with van der Waals surface area (Å²) >= 11 is 0. The highest BCUT2D eigenvalue weighted by Crippen LogP contribution is 2.18. The lowest BCUT2D eigenvalue weighted by Gasteiger charge is -2.06. The van der Waals surface area contributed by atoms with E-state index in [1.54, 1.807) is 60.2 Å². The molecule has 0 aliphatic heterocycles. The minimum absolute atomic E-state index is 0.136. The summed E-state index contributed by atoms with van der Waals surface area (Å²) in [7, 11) is 1.61. The molecule has 3 rings (SSSR count). The van der Waals surface area contributed by atoms with Gasteiger partial charge >= 0.3 is 0 Å². The summed E-state index contributed by atoms with van der Waals surface area (Å²) in [5.74, 6) is 0.124. The number of hydrogen-bond acceptors (Lipinski definition) is 5. The summed E-state index contributed by atoms with van der Waals surface area (Å²) in [6, 6.07) is 12.4. The number of hydrogen-bond donors (Lipinski definition) is 2. The first-order valence-corrected chi connectivity index (χ1v) is 9.42. The standard InChI is InChI=1S/C21H24N4O4/c1-3-29-16-10-8-15(9-11-16)23-21(27)19-24-18(17-7-4-5-13-25(17)19)20(26)22-12-6-14-28-2/h4-5,7-11,13H,3,6,12,14H2,1-2H3,(H,22,26)(H,23,27). The van der Waals surface area contributed by atoms with E-state index in [0.29, 0.717) is 37.4 Å². The molecular formula is C21H24N4O4. The Morgan fingerprint density at radius 1 is 1.10 bits per heavy atom. The van der Waals surface area contributed by atoms with E-state index in [9.17, 15) is 9.59 Å². The number of anilines is 1. The van der Waals surface area contributed by atoms with Gasteiger partial charge in [-0.25, -0.2) is 4.98 Å². The molecule has 0 radical (unpaired) electrons. The minimum atomic E-state index is -0.409. The van der Waals surface area contributed by atoms with Gasteiger partial charge in [-0.05, 0) is 49.7 Å². The van der Waals surface area contributed by atoms with Gasteiger partial charge in [0.25, 0.3) is 11.8 Å². The Labute approximate surface area is 168 Å². The van der Waals surface area contributed by atoms with Gasteiger partial charge < -0.3 is 20.1 Å². The fourth-order valence-corrected chi connectivity index (χ4v) is 2.86. The molecule has 0 saturated heterocycles. The summed E-state index contributed by atoms with van der Waals surface area (Å²) < 4.78 is 12.0. The van der Waals surface area contributed by atoms with E-state index in [4.69, 9.17) is 9.47 Å². The second kappa shape index (κ2) is 9.70. The molecule has 2 N–H and O–H groups in total. The lowest BCUT2D eigenvalue weighted by atomic mass is 10.3. The van der Waals surface area contributed by atoms with Gasteiger partial charge in [0.15, 0.2) is 5.69 Å². The molecule has 152 valence electrons. The number of imidazole rings is 1. The second-order valence-corrected chi connectivity index (χ2v) is 6.25. The number of pyridine rings is 1. The monoisotopic (exact) mass is 396 g/mol. The average molecular weight is 396 g/mol. The van der Waals surface area contributed by atoms with Crippen LogP contribution in [0.5, 0.6) is 5.75 Å². The van der Waals surface area contributed by atoms with Gasteiger partial charge in [0.2, 0.25) is 5.82 Å². The molecule has 0 bridgehead atoms. The Balaban J connectivity index is 1.79. The number of benzene rings is 1. The summed E-state index contributed by atoms with van der Waals surface area (Å²) in [6.45, 7) is 3.50. The largest absolute Gasteiger partial charge is 0.494 e. The number of carbonyl (C=O) groups excluding carboxylic acids is 2. The number of methoxy groups -OCH3 is 1. The number of amides is 2. The third-order valence-corrected chi connectivity index (χ3v) is 4.20. The summed E-state index contributed by atoms with van der Waals surface area (Å²) in [4.78, 5) is 29.7. The Morgan fingerprint density at radius 3 is 2.62 bits per heavy atom. The van der Waals surface area contributed by atoms with Gasteiger partial charge in [-0.2, -0.15) is 0 Å². The van der Waals surface area contributed by atoms with E-state index in [1.165, 1.54) is 0 Å². The highest BCUT2D eigenvalue weighted by molar-refractivity contribution is 6.06. The first kappa shape index (κ1) is 20.3. The zero-order valence-corrected chi connectivity index (χ0v) is 16.5. The van der Waals surface area contributed by atoms with Crippen molar-refractivity contribution < 1.29 is 19.1 Å². The van der Waals surface area contributed by atoms with Crippen molar-refractivity contribution in [2.75, 3.05) is 32.2 Å². The fraction of sp³-hybridized carbons (Fsp3) is 0.286. The van der Waals surface area contributed by atoms with Gasteiger partial charge in [0.05, 0.1) is 12.1 Å². The second-order valence-electron chi connectivity index (χ2n) is 6.25. The van der Waals surface area contributed by atoms with Crippen LogP contribution in [0.15, 0.2) is 48.7 Å². The Morgan fingerprint density at radius 2 is 1.90 bits per heavy atom. The number of ether oxygens (including phenoxy) is 2. The van der Waals surface area contributed by atoms with Crippen molar-refractivity contribution in [3.8, 4) is 5.75 Å². The van der Waals surface area contributed by atoms with Gasteiger partial charge in [-0.15, -0.1) is 0 Å². The van der Waals surface area contributed by atoms with Crippen LogP contribution in [0.1, 0.15) is 34.5 Å². The van der Waals surface area contributed by atoms with E-state index < -0.39 is 5.91 Å². The van der Waals surface area contributed by atoms with Gasteiger partial charge in [0.1, 0.15) is 5.75 Å². The third kappa shape index (κ3) is 4.91. The van der Waals surface area contributed by atoms with Crippen molar-refractivity contribution in [1.82, 2.24) is 14.7 Å². The van der Waals surface area contributed by atoms with Crippen molar-refractivity contribution in [3.05, 3.63) is 60.2 Å². The molecule has 0 spiro atoms. The molecule has 0 unspecified atom stereocenters. The van der Waals surface area contributed by atoms with E-state index in [2.05, 4.69) is 15.6 Å². The molecule has 0 fully saturated rings. The Hall–Kier alpha value is -3.39. The van der Waals surface area contributed by atoms with Crippen molar-refractivity contribution >= 4 is 23.0 Å². The summed E-state index contributed by atoms with van der Waals surface area (Å²) in [6.07, 6.45) is 2.40. The molecule has 2 heterocycles. The Bertz CT molecular complexity index is 982. The molecular weight excluding hydrogens is 372 g/mol. The van der Waals surface area contributed by atoms with E-state index in [0.717, 1.165) is 5.75 Å². The molecule has 29 heavy (non-hydrogen) atoms. The zero-order chi connectivity index (χ0) is 20.6. The smallest absolute Gasteiger partial charge is 0.292 e. The number of nitrogens with one attached hydrogen (secondary N) is 2. The maximum Gasteiger partial charge on any atom is 0.292 e. The van der Waals surface area contributed by atoms with Crippen LogP contribution in [-0.2, 0) is 4.74 Å².